The Morgan fingerprint density at radius 2 is 2.04 bits per heavy atom. The Morgan fingerprint density at radius 3 is 2.88 bits per heavy atom. The number of rotatable bonds is 3. The van der Waals surface area contributed by atoms with Crippen molar-refractivity contribution in [3.05, 3.63) is 46.5 Å². The molecule has 1 aromatic carbocycles. The lowest BCUT2D eigenvalue weighted by Gasteiger charge is -2.25. The van der Waals surface area contributed by atoms with E-state index in [0.29, 0.717) is 0 Å². The van der Waals surface area contributed by atoms with Gasteiger partial charge >= 0.3 is 0 Å². The standard InChI is InChI=1S/C19H24N4O/c1-2-17-21-22-18-10-9-16(12-23(17)18)20-19(24)15-8-7-13-5-3-4-6-14(13)11-15/h7-8,11,16H,2-6,9-10,12H2,1H3,(H,20,24). The molecule has 5 nitrogen and oxygen atoms in total. The number of hydrogen-bond donors (Lipinski definition) is 1. The second-order valence-corrected chi connectivity index (χ2v) is 6.90. The van der Waals surface area contributed by atoms with Gasteiger partial charge in [-0.15, -0.1) is 10.2 Å². The highest BCUT2D eigenvalue weighted by atomic mass is 16.1. The second-order valence-electron chi connectivity index (χ2n) is 6.90. The van der Waals surface area contributed by atoms with Crippen molar-refractivity contribution in [2.24, 2.45) is 0 Å². The summed E-state index contributed by atoms with van der Waals surface area (Å²) in [5.41, 5.74) is 3.56. The van der Waals surface area contributed by atoms with Gasteiger partial charge in [0.1, 0.15) is 11.6 Å². The summed E-state index contributed by atoms with van der Waals surface area (Å²) in [5, 5.41) is 11.7. The lowest BCUT2D eigenvalue weighted by molar-refractivity contribution is 0.0927. The molecule has 0 saturated carbocycles. The fourth-order valence-electron chi connectivity index (χ4n) is 3.91. The van der Waals surface area contributed by atoms with Crippen LogP contribution in [-0.4, -0.2) is 26.7 Å². The molecule has 2 aromatic rings. The highest BCUT2D eigenvalue weighted by molar-refractivity contribution is 5.94. The number of hydrogen-bond acceptors (Lipinski definition) is 3. The maximum atomic E-state index is 12.7. The van der Waals surface area contributed by atoms with Gasteiger partial charge in [-0.2, -0.15) is 0 Å². The van der Waals surface area contributed by atoms with Gasteiger partial charge in [-0.1, -0.05) is 13.0 Å². The van der Waals surface area contributed by atoms with Gasteiger partial charge in [0.25, 0.3) is 5.91 Å². The molecule has 0 saturated heterocycles. The van der Waals surface area contributed by atoms with Crippen LogP contribution < -0.4 is 5.32 Å². The Balaban J connectivity index is 1.47. The first kappa shape index (κ1) is 15.4. The molecule has 4 rings (SSSR count). The number of aromatic nitrogens is 3. The molecule has 5 heteroatoms. The number of fused-ring (bicyclic) bond motifs is 2. The molecule has 1 aliphatic heterocycles. The predicted octanol–water partition coefficient (Wildman–Crippen LogP) is 2.46. The highest BCUT2D eigenvalue weighted by Crippen LogP contribution is 2.22. The predicted molar refractivity (Wildman–Crippen MR) is 92.1 cm³/mol. The molecule has 2 aliphatic rings. The summed E-state index contributed by atoms with van der Waals surface area (Å²) in [6.07, 6.45) is 7.43. The zero-order valence-corrected chi connectivity index (χ0v) is 14.2. The van der Waals surface area contributed by atoms with Crippen molar-refractivity contribution in [2.45, 2.75) is 64.5 Å². The monoisotopic (exact) mass is 324 g/mol. The van der Waals surface area contributed by atoms with Crippen LogP contribution in [0.15, 0.2) is 18.2 Å². The van der Waals surface area contributed by atoms with Gasteiger partial charge in [0.05, 0.1) is 0 Å². The van der Waals surface area contributed by atoms with Crippen LogP contribution in [0.5, 0.6) is 0 Å². The molecular weight excluding hydrogens is 300 g/mol. The first-order valence-electron chi connectivity index (χ1n) is 9.08. The molecule has 0 spiro atoms. The molecule has 0 radical (unpaired) electrons. The number of nitrogens with zero attached hydrogens (tertiary/aromatic N) is 3. The molecule has 1 aliphatic carbocycles. The fraction of sp³-hybridized carbons (Fsp3) is 0.526. The van der Waals surface area contributed by atoms with Crippen molar-refractivity contribution < 1.29 is 4.79 Å². The smallest absolute Gasteiger partial charge is 0.251 e. The highest BCUT2D eigenvalue weighted by Gasteiger charge is 2.24. The molecule has 1 atom stereocenters. The molecule has 2 heterocycles. The van der Waals surface area contributed by atoms with E-state index in [9.17, 15) is 4.79 Å². The second kappa shape index (κ2) is 6.38. The zero-order chi connectivity index (χ0) is 16.5. The molecule has 0 bridgehead atoms. The van der Waals surface area contributed by atoms with Crippen LogP contribution in [0, 0.1) is 0 Å². The first-order valence-corrected chi connectivity index (χ1v) is 9.08. The summed E-state index contributed by atoms with van der Waals surface area (Å²) in [7, 11) is 0. The number of carbonyl (C=O) groups excluding carboxylic acids is 1. The van der Waals surface area contributed by atoms with E-state index in [1.807, 2.05) is 6.07 Å². The van der Waals surface area contributed by atoms with E-state index in [1.165, 1.54) is 24.0 Å². The minimum absolute atomic E-state index is 0.0444. The zero-order valence-electron chi connectivity index (χ0n) is 14.2. The van der Waals surface area contributed by atoms with E-state index < -0.39 is 0 Å². The molecule has 126 valence electrons. The minimum atomic E-state index is 0.0444. The Hall–Kier alpha value is -2.17. The third-order valence-electron chi connectivity index (χ3n) is 5.29. The van der Waals surface area contributed by atoms with Gasteiger partial charge in [-0.25, -0.2) is 0 Å². The largest absolute Gasteiger partial charge is 0.347 e. The topological polar surface area (TPSA) is 59.8 Å². The van der Waals surface area contributed by atoms with Gasteiger partial charge in [-0.05, 0) is 55.4 Å². The molecule has 1 aromatic heterocycles. The maximum Gasteiger partial charge on any atom is 0.251 e. The summed E-state index contributed by atoms with van der Waals surface area (Å²) >= 11 is 0. The minimum Gasteiger partial charge on any atom is -0.347 e. The van der Waals surface area contributed by atoms with Crippen LogP contribution in [-0.2, 0) is 32.2 Å². The van der Waals surface area contributed by atoms with Gasteiger partial charge in [0, 0.05) is 31.0 Å². The maximum absolute atomic E-state index is 12.7. The number of nitrogens with one attached hydrogen (secondary N) is 1. The Morgan fingerprint density at radius 1 is 1.21 bits per heavy atom. The van der Waals surface area contributed by atoms with Crippen molar-refractivity contribution in [3.63, 3.8) is 0 Å². The van der Waals surface area contributed by atoms with E-state index in [4.69, 9.17) is 0 Å². The summed E-state index contributed by atoms with van der Waals surface area (Å²) in [4.78, 5) is 12.7. The molecule has 24 heavy (non-hydrogen) atoms. The normalized spacial score (nSPS) is 19.5. The van der Waals surface area contributed by atoms with E-state index >= 15 is 0 Å². The number of aryl methyl sites for hydroxylation is 4. The number of carbonyl (C=O) groups is 1. The fourth-order valence-corrected chi connectivity index (χ4v) is 3.91. The lowest BCUT2D eigenvalue weighted by Crippen LogP contribution is -2.41. The summed E-state index contributed by atoms with van der Waals surface area (Å²) in [6.45, 7) is 2.87. The molecule has 0 fully saturated rings. The number of benzene rings is 1. The third kappa shape index (κ3) is 2.83. The van der Waals surface area contributed by atoms with E-state index in [1.54, 1.807) is 0 Å². The Kier molecular flexibility index (Phi) is 4.08. The van der Waals surface area contributed by atoms with E-state index in [-0.39, 0.29) is 11.9 Å². The van der Waals surface area contributed by atoms with Crippen LogP contribution >= 0.6 is 0 Å². The van der Waals surface area contributed by atoms with Crippen molar-refractivity contribution in [2.75, 3.05) is 0 Å². The van der Waals surface area contributed by atoms with Crippen LogP contribution in [0.4, 0.5) is 0 Å². The van der Waals surface area contributed by atoms with Gasteiger partial charge in [0.2, 0.25) is 0 Å². The average Bonchev–Trinajstić information content (AvgIpc) is 3.03. The SMILES string of the molecule is CCc1nnc2n1CC(NC(=O)c1ccc3c(c1)CCCC3)CC2. The van der Waals surface area contributed by atoms with Crippen LogP contribution in [0.25, 0.3) is 0 Å². The van der Waals surface area contributed by atoms with Crippen molar-refractivity contribution in [1.29, 1.82) is 0 Å². The van der Waals surface area contributed by atoms with Crippen molar-refractivity contribution in [1.82, 2.24) is 20.1 Å². The van der Waals surface area contributed by atoms with Gasteiger partial charge < -0.3 is 9.88 Å². The van der Waals surface area contributed by atoms with E-state index in [0.717, 1.165) is 55.9 Å². The summed E-state index contributed by atoms with van der Waals surface area (Å²) in [6, 6.07) is 6.36. The molecule has 1 amide bonds. The lowest BCUT2D eigenvalue weighted by atomic mass is 9.90. The Labute approximate surface area is 142 Å². The quantitative estimate of drug-likeness (QED) is 0.943. The molecule has 1 unspecified atom stereocenters. The van der Waals surface area contributed by atoms with Gasteiger partial charge in [0.15, 0.2) is 0 Å². The molecule has 1 N–H and O–H groups in total. The van der Waals surface area contributed by atoms with Crippen LogP contribution in [0.3, 0.4) is 0 Å². The van der Waals surface area contributed by atoms with Crippen molar-refractivity contribution in [3.8, 4) is 0 Å². The van der Waals surface area contributed by atoms with E-state index in [2.05, 4.69) is 39.1 Å². The molecular formula is C19H24N4O. The van der Waals surface area contributed by atoms with Crippen LogP contribution in [0.2, 0.25) is 0 Å². The Bertz CT molecular complexity index is 751. The van der Waals surface area contributed by atoms with Crippen LogP contribution in [0.1, 0.15) is 59.3 Å². The summed E-state index contributed by atoms with van der Waals surface area (Å²) in [5.74, 6) is 2.10. The van der Waals surface area contributed by atoms with Crippen molar-refractivity contribution >= 4 is 5.91 Å². The first-order chi connectivity index (χ1) is 11.7. The van der Waals surface area contributed by atoms with Gasteiger partial charge in [-0.3, -0.25) is 4.79 Å². The third-order valence-corrected chi connectivity index (χ3v) is 5.29. The number of amides is 1. The average molecular weight is 324 g/mol. The summed E-state index contributed by atoms with van der Waals surface area (Å²) < 4.78 is 2.17.